The second kappa shape index (κ2) is 4.67. The van der Waals surface area contributed by atoms with E-state index in [0.717, 1.165) is 11.4 Å². The first-order valence-electron chi connectivity index (χ1n) is 5.57. The van der Waals surface area contributed by atoms with Gasteiger partial charge in [0, 0.05) is 7.05 Å². The Hall–Kier alpha value is -1.68. The van der Waals surface area contributed by atoms with Crippen molar-refractivity contribution in [3.05, 3.63) is 53.1 Å². The van der Waals surface area contributed by atoms with Crippen LogP contribution in [0.3, 0.4) is 0 Å². The van der Waals surface area contributed by atoms with Gasteiger partial charge in [0.2, 0.25) is 0 Å². The van der Waals surface area contributed by atoms with E-state index in [-0.39, 0.29) is 11.9 Å². The summed E-state index contributed by atoms with van der Waals surface area (Å²) in [6.45, 7) is 1.92. The number of halogens is 1. The van der Waals surface area contributed by atoms with Crippen molar-refractivity contribution in [2.75, 3.05) is 0 Å². The molecule has 0 fully saturated rings. The molecule has 1 atom stereocenters. The maximum absolute atomic E-state index is 13.5. The summed E-state index contributed by atoms with van der Waals surface area (Å²) in [4.78, 5) is 0. The summed E-state index contributed by atoms with van der Waals surface area (Å²) in [5, 5.41) is 4.24. The summed E-state index contributed by atoms with van der Waals surface area (Å²) >= 11 is 0. The lowest BCUT2D eigenvalue weighted by molar-refractivity contribution is 0.573. The van der Waals surface area contributed by atoms with Crippen LogP contribution in [0, 0.1) is 12.7 Å². The van der Waals surface area contributed by atoms with Crippen LogP contribution in [0.4, 0.5) is 4.39 Å². The first-order chi connectivity index (χ1) is 8.08. The summed E-state index contributed by atoms with van der Waals surface area (Å²) in [5.74, 6) is -0.207. The van der Waals surface area contributed by atoms with Crippen LogP contribution in [0.15, 0.2) is 30.3 Å². The lowest BCUT2D eigenvalue weighted by atomic mass is 10.0. The van der Waals surface area contributed by atoms with Crippen LogP contribution in [0.2, 0.25) is 0 Å². The molecule has 2 aromatic rings. The standard InChI is InChI=1S/C13H16FN3/c1-9-7-13(17(2)16-9)12(15)8-10-5-3-4-6-11(10)14/h3-7,12H,8,15H2,1-2H3. The zero-order valence-electron chi connectivity index (χ0n) is 10.0. The molecule has 2 rings (SSSR count). The van der Waals surface area contributed by atoms with Gasteiger partial charge in [-0.3, -0.25) is 4.68 Å². The molecule has 0 spiro atoms. The maximum atomic E-state index is 13.5. The number of hydrogen-bond acceptors (Lipinski definition) is 2. The van der Waals surface area contributed by atoms with E-state index < -0.39 is 0 Å². The average molecular weight is 233 g/mol. The molecule has 0 aliphatic carbocycles. The van der Waals surface area contributed by atoms with E-state index in [9.17, 15) is 4.39 Å². The van der Waals surface area contributed by atoms with Gasteiger partial charge in [-0.15, -0.1) is 0 Å². The minimum Gasteiger partial charge on any atom is -0.322 e. The number of hydrogen-bond donors (Lipinski definition) is 1. The van der Waals surface area contributed by atoms with Gasteiger partial charge in [0.1, 0.15) is 5.82 Å². The highest BCUT2D eigenvalue weighted by Crippen LogP contribution is 2.18. The van der Waals surface area contributed by atoms with E-state index in [1.165, 1.54) is 6.07 Å². The van der Waals surface area contributed by atoms with Crippen LogP contribution in [0.25, 0.3) is 0 Å². The number of benzene rings is 1. The molecule has 0 saturated heterocycles. The molecule has 0 aliphatic rings. The molecule has 90 valence electrons. The molecule has 17 heavy (non-hydrogen) atoms. The number of nitrogens with zero attached hydrogens (tertiary/aromatic N) is 2. The van der Waals surface area contributed by atoms with Gasteiger partial charge in [-0.2, -0.15) is 5.10 Å². The highest BCUT2D eigenvalue weighted by Gasteiger charge is 2.14. The van der Waals surface area contributed by atoms with E-state index in [4.69, 9.17) is 5.73 Å². The van der Waals surface area contributed by atoms with Gasteiger partial charge in [-0.25, -0.2) is 4.39 Å². The zero-order valence-corrected chi connectivity index (χ0v) is 10.0. The largest absolute Gasteiger partial charge is 0.322 e. The van der Waals surface area contributed by atoms with Crippen LogP contribution < -0.4 is 5.73 Å². The van der Waals surface area contributed by atoms with Crippen molar-refractivity contribution in [1.29, 1.82) is 0 Å². The highest BCUT2D eigenvalue weighted by atomic mass is 19.1. The van der Waals surface area contributed by atoms with Crippen molar-refractivity contribution in [3.63, 3.8) is 0 Å². The molecule has 1 aromatic heterocycles. The predicted molar refractivity (Wildman–Crippen MR) is 65.0 cm³/mol. The summed E-state index contributed by atoms with van der Waals surface area (Å²) in [6, 6.07) is 8.41. The topological polar surface area (TPSA) is 43.8 Å². The molecule has 4 heteroatoms. The van der Waals surface area contributed by atoms with E-state index in [2.05, 4.69) is 5.10 Å². The molecule has 0 saturated carbocycles. The molecule has 0 bridgehead atoms. The summed E-state index contributed by atoms with van der Waals surface area (Å²) < 4.78 is 15.2. The third kappa shape index (κ3) is 2.53. The summed E-state index contributed by atoms with van der Waals surface area (Å²) in [6.07, 6.45) is 0.478. The Bertz CT molecular complexity index is 519. The lowest BCUT2D eigenvalue weighted by Gasteiger charge is -2.12. The monoisotopic (exact) mass is 233 g/mol. The third-order valence-corrected chi connectivity index (χ3v) is 2.82. The summed E-state index contributed by atoms with van der Waals surface area (Å²) in [5.41, 5.74) is 8.57. The molecule has 1 unspecified atom stereocenters. The number of nitrogens with two attached hydrogens (primary N) is 1. The molecule has 0 amide bonds. The summed E-state index contributed by atoms with van der Waals surface area (Å²) in [7, 11) is 1.85. The van der Waals surface area contributed by atoms with Gasteiger partial charge in [0.25, 0.3) is 0 Å². The van der Waals surface area contributed by atoms with Gasteiger partial charge >= 0.3 is 0 Å². The molecule has 3 nitrogen and oxygen atoms in total. The van der Waals surface area contributed by atoms with Crippen molar-refractivity contribution < 1.29 is 4.39 Å². The van der Waals surface area contributed by atoms with Crippen LogP contribution >= 0.6 is 0 Å². The van der Waals surface area contributed by atoms with Gasteiger partial charge < -0.3 is 5.73 Å². The van der Waals surface area contributed by atoms with Crippen molar-refractivity contribution in [1.82, 2.24) is 9.78 Å². The quantitative estimate of drug-likeness (QED) is 0.882. The molecule has 1 aromatic carbocycles. The Morgan fingerprint density at radius 2 is 2.12 bits per heavy atom. The van der Waals surface area contributed by atoms with E-state index in [0.29, 0.717) is 12.0 Å². The van der Waals surface area contributed by atoms with Crippen molar-refractivity contribution in [2.45, 2.75) is 19.4 Å². The normalized spacial score (nSPS) is 12.7. The molecular weight excluding hydrogens is 217 g/mol. The van der Waals surface area contributed by atoms with Crippen molar-refractivity contribution in [3.8, 4) is 0 Å². The Morgan fingerprint density at radius 1 is 1.41 bits per heavy atom. The Balaban J connectivity index is 2.20. The second-order valence-corrected chi connectivity index (χ2v) is 4.24. The third-order valence-electron chi connectivity index (χ3n) is 2.82. The van der Waals surface area contributed by atoms with Gasteiger partial charge in [-0.05, 0) is 31.0 Å². The Kier molecular flexibility index (Phi) is 3.24. The van der Waals surface area contributed by atoms with Crippen LogP contribution in [-0.2, 0) is 13.5 Å². The number of aromatic nitrogens is 2. The molecule has 1 heterocycles. The zero-order chi connectivity index (χ0) is 12.4. The second-order valence-electron chi connectivity index (χ2n) is 4.24. The van der Waals surface area contributed by atoms with Crippen LogP contribution in [0.5, 0.6) is 0 Å². The Labute approximate surface area is 100 Å². The first-order valence-corrected chi connectivity index (χ1v) is 5.57. The molecular formula is C13H16FN3. The van der Waals surface area contributed by atoms with E-state index in [1.807, 2.05) is 26.1 Å². The number of aryl methyl sites for hydroxylation is 2. The maximum Gasteiger partial charge on any atom is 0.126 e. The first kappa shape index (κ1) is 11.8. The predicted octanol–water partition coefficient (Wildman–Crippen LogP) is 2.11. The van der Waals surface area contributed by atoms with E-state index in [1.54, 1.807) is 16.8 Å². The Morgan fingerprint density at radius 3 is 2.71 bits per heavy atom. The average Bonchev–Trinajstić information content (AvgIpc) is 2.61. The van der Waals surface area contributed by atoms with E-state index >= 15 is 0 Å². The molecule has 0 radical (unpaired) electrons. The highest BCUT2D eigenvalue weighted by molar-refractivity contribution is 5.21. The fourth-order valence-electron chi connectivity index (χ4n) is 1.98. The fraction of sp³-hybridized carbons (Fsp3) is 0.308. The van der Waals surface area contributed by atoms with Crippen molar-refractivity contribution in [2.24, 2.45) is 12.8 Å². The van der Waals surface area contributed by atoms with Crippen molar-refractivity contribution >= 4 is 0 Å². The van der Waals surface area contributed by atoms with Gasteiger partial charge in [0.05, 0.1) is 17.4 Å². The smallest absolute Gasteiger partial charge is 0.126 e. The van der Waals surface area contributed by atoms with Crippen LogP contribution in [0.1, 0.15) is 23.0 Å². The lowest BCUT2D eigenvalue weighted by Crippen LogP contribution is -2.17. The molecule has 2 N–H and O–H groups in total. The van der Waals surface area contributed by atoms with Gasteiger partial charge in [-0.1, -0.05) is 18.2 Å². The minimum atomic E-state index is -0.238. The van der Waals surface area contributed by atoms with Gasteiger partial charge in [0.15, 0.2) is 0 Å². The number of rotatable bonds is 3. The minimum absolute atomic E-state index is 0.207. The molecule has 0 aliphatic heterocycles. The SMILES string of the molecule is Cc1cc(C(N)Cc2ccccc2F)n(C)n1. The van der Waals surface area contributed by atoms with Crippen LogP contribution in [-0.4, -0.2) is 9.78 Å². The fourth-order valence-corrected chi connectivity index (χ4v) is 1.98.